The van der Waals surface area contributed by atoms with Crippen molar-refractivity contribution in [3.05, 3.63) is 87.2 Å². The molecule has 34 heavy (non-hydrogen) atoms. The van der Waals surface area contributed by atoms with Gasteiger partial charge in [0, 0.05) is 18.1 Å². The van der Waals surface area contributed by atoms with Gasteiger partial charge in [-0.25, -0.2) is 12.8 Å². The molecule has 0 bridgehead atoms. The summed E-state index contributed by atoms with van der Waals surface area (Å²) >= 11 is 12.5. The second-order valence-corrected chi connectivity index (χ2v) is 11.5. The van der Waals surface area contributed by atoms with Crippen LogP contribution in [0.4, 0.5) is 15.8 Å². The summed E-state index contributed by atoms with van der Waals surface area (Å²) in [6.07, 6.45) is 4.41. The highest BCUT2D eigenvalue weighted by molar-refractivity contribution is 7.92. The number of hydrogen-bond acceptors (Lipinski definition) is 3. The quantitative estimate of drug-likeness (QED) is 0.403. The second kappa shape index (κ2) is 9.40. The summed E-state index contributed by atoms with van der Waals surface area (Å²) < 4.78 is 43.6. The van der Waals surface area contributed by atoms with Crippen LogP contribution in [-0.4, -0.2) is 21.5 Å². The highest BCUT2D eigenvalue weighted by Crippen LogP contribution is 2.40. The summed E-state index contributed by atoms with van der Waals surface area (Å²) in [4.78, 5) is 2.34. The molecule has 178 valence electrons. The van der Waals surface area contributed by atoms with E-state index in [9.17, 15) is 12.8 Å². The summed E-state index contributed by atoms with van der Waals surface area (Å²) in [5.74, 6) is -0.214. The fraction of sp³-hybridized carbons (Fsp3) is 0.308. The van der Waals surface area contributed by atoms with E-state index in [0.29, 0.717) is 40.1 Å². The molecule has 1 fully saturated rings. The molecule has 8 heteroatoms. The summed E-state index contributed by atoms with van der Waals surface area (Å²) in [6.45, 7) is 1.26. The minimum absolute atomic E-state index is 0.0718. The van der Waals surface area contributed by atoms with Gasteiger partial charge in [0.15, 0.2) is 0 Å². The first kappa shape index (κ1) is 23.5. The Morgan fingerprint density at radius 1 is 0.941 bits per heavy atom. The Morgan fingerprint density at radius 3 is 2.47 bits per heavy atom. The number of hydrogen-bond donors (Lipinski definition) is 1. The number of sulfonamides is 1. The molecule has 3 aromatic carbocycles. The molecular weight excluding hydrogens is 494 g/mol. The molecule has 1 saturated heterocycles. The highest BCUT2D eigenvalue weighted by Gasteiger charge is 2.27. The van der Waals surface area contributed by atoms with Crippen LogP contribution in [0.5, 0.6) is 0 Å². The molecule has 0 aromatic heterocycles. The van der Waals surface area contributed by atoms with Crippen LogP contribution >= 0.6 is 23.2 Å². The maximum atomic E-state index is 14.4. The van der Waals surface area contributed by atoms with E-state index in [1.165, 1.54) is 11.6 Å². The summed E-state index contributed by atoms with van der Waals surface area (Å²) in [5.41, 5.74) is 4.10. The normalized spacial score (nSPS) is 16.5. The maximum absolute atomic E-state index is 14.4. The first-order valence-corrected chi connectivity index (χ1v) is 13.7. The minimum atomic E-state index is -3.77. The maximum Gasteiger partial charge on any atom is 0.261 e. The van der Waals surface area contributed by atoms with Gasteiger partial charge < -0.3 is 4.90 Å². The van der Waals surface area contributed by atoms with Crippen molar-refractivity contribution < 1.29 is 12.8 Å². The van der Waals surface area contributed by atoms with Gasteiger partial charge in [0.1, 0.15) is 5.82 Å². The SMILES string of the molecule is O=S(=O)(Nc1cccc(Cl)c1N1CCC(c2ccc(Cl)cc2F)CC1)c1ccc2c(c1)CCC2. The number of aryl methyl sites for hydroxylation is 2. The summed E-state index contributed by atoms with van der Waals surface area (Å²) in [7, 11) is -3.77. The van der Waals surface area contributed by atoms with Crippen molar-refractivity contribution in [2.45, 2.75) is 42.9 Å². The van der Waals surface area contributed by atoms with Crippen molar-refractivity contribution in [1.29, 1.82) is 0 Å². The van der Waals surface area contributed by atoms with Crippen molar-refractivity contribution in [3.63, 3.8) is 0 Å². The molecule has 0 atom stereocenters. The Hall–Kier alpha value is -2.28. The van der Waals surface area contributed by atoms with Gasteiger partial charge in [0.05, 0.1) is 21.3 Å². The average molecular weight is 519 g/mol. The smallest absolute Gasteiger partial charge is 0.261 e. The minimum Gasteiger partial charge on any atom is -0.369 e. The van der Waals surface area contributed by atoms with Crippen LogP contribution in [0, 0.1) is 5.82 Å². The number of para-hydroxylation sites is 1. The number of nitrogens with one attached hydrogen (secondary N) is 1. The van der Waals surface area contributed by atoms with Crippen molar-refractivity contribution >= 4 is 44.6 Å². The van der Waals surface area contributed by atoms with Gasteiger partial charge >= 0.3 is 0 Å². The van der Waals surface area contributed by atoms with E-state index in [1.807, 2.05) is 6.07 Å². The first-order chi connectivity index (χ1) is 16.3. The third kappa shape index (κ3) is 4.64. The Balaban J connectivity index is 1.37. The van der Waals surface area contributed by atoms with Crippen molar-refractivity contribution in [2.24, 2.45) is 0 Å². The molecule has 0 saturated carbocycles. The monoisotopic (exact) mass is 518 g/mol. The number of anilines is 2. The zero-order valence-corrected chi connectivity index (χ0v) is 20.9. The van der Waals surface area contributed by atoms with Gasteiger partial charge in [-0.2, -0.15) is 0 Å². The molecular formula is C26H25Cl2FN2O2S. The molecule has 0 radical (unpaired) electrons. The van der Waals surface area contributed by atoms with Crippen LogP contribution in [0.1, 0.15) is 41.9 Å². The lowest BCUT2D eigenvalue weighted by molar-refractivity contribution is 0.482. The van der Waals surface area contributed by atoms with E-state index in [-0.39, 0.29) is 16.6 Å². The molecule has 2 aliphatic rings. The van der Waals surface area contributed by atoms with Gasteiger partial charge in [-0.3, -0.25) is 4.72 Å². The van der Waals surface area contributed by atoms with Crippen LogP contribution in [0.2, 0.25) is 10.0 Å². The number of fused-ring (bicyclic) bond motifs is 1. The van der Waals surface area contributed by atoms with Crippen molar-refractivity contribution in [3.8, 4) is 0 Å². The number of rotatable bonds is 5. The lowest BCUT2D eigenvalue weighted by atomic mass is 9.89. The first-order valence-electron chi connectivity index (χ1n) is 11.4. The average Bonchev–Trinajstić information content (AvgIpc) is 3.27. The van der Waals surface area contributed by atoms with E-state index in [4.69, 9.17) is 23.2 Å². The van der Waals surface area contributed by atoms with E-state index < -0.39 is 10.0 Å². The van der Waals surface area contributed by atoms with E-state index in [2.05, 4.69) is 9.62 Å². The molecule has 0 spiro atoms. The standard InChI is InChI=1S/C26H25Cl2FN2O2S/c27-20-8-10-22(24(29)16-20)18-11-13-31(14-12-18)26-23(28)5-2-6-25(26)30-34(32,33)21-9-7-17-3-1-4-19(17)15-21/h2,5-10,15-16,18,30H,1,3-4,11-14H2. The number of nitrogens with zero attached hydrogens (tertiary/aromatic N) is 1. The zero-order valence-electron chi connectivity index (χ0n) is 18.5. The molecule has 1 aliphatic carbocycles. The van der Waals surface area contributed by atoms with Gasteiger partial charge in [-0.1, -0.05) is 41.4 Å². The lowest BCUT2D eigenvalue weighted by Gasteiger charge is -2.35. The Bertz CT molecular complexity index is 1340. The van der Waals surface area contributed by atoms with Crippen LogP contribution in [-0.2, 0) is 22.9 Å². The predicted molar refractivity (Wildman–Crippen MR) is 136 cm³/mol. The third-order valence-electron chi connectivity index (χ3n) is 6.82. The molecule has 4 nitrogen and oxygen atoms in total. The largest absolute Gasteiger partial charge is 0.369 e. The predicted octanol–water partition coefficient (Wildman–Crippen LogP) is 6.81. The van der Waals surface area contributed by atoms with Crippen molar-refractivity contribution in [1.82, 2.24) is 0 Å². The van der Waals surface area contributed by atoms with Gasteiger partial charge in [-0.05, 0) is 91.1 Å². The van der Waals surface area contributed by atoms with Gasteiger partial charge in [0.25, 0.3) is 10.0 Å². The fourth-order valence-corrected chi connectivity index (χ4v) is 6.65. The molecule has 1 aliphatic heterocycles. The molecule has 0 amide bonds. The molecule has 3 aromatic rings. The highest BCUT2D eigenvalue weighted by atomic mass is 35.5. The molecule has 1 heterocycles. The summed E-state index contributed by atoms with van der Waals surface area (Å²) in [6, 6.07) is 15.4. The molecule has 5 rings (SSSR count). The lowest BCUT2D eigenvalue weighted by Crippen LogP contribution is -2.34. The zero-order chi connectivity index (χ0) is 23.9. The van der Waals surface area contributed by atoms with Crippen LogP contribution < -0.4 is 9.62 Å². The van der Waals surface area contributed by atoms with Crippen molar-refractivity contribution in [2.75, 3.05) is 22.7 Å². The molecule has 1 N–H and O–H groups in total. The Kier molecular flexibility index (Phi) is 6.49. The summed E-state index contributed by atoms with van der Waals surface area (Å²) in [5, 5.41) is 0.861. The number of halogens is 3. The van der Waals surface area contributed by atoms with E-state index in [0.717, 1.165) is 37.7 Å². The third-order valence-corrected chi connectivity index (χ3v) is 8.73. The fourth-order valence-electron chi connectivity index (χ4n) is 5.08. The van der Waals surface area contributed by atoms with Crippen LogP contribution in [0.3, 0.4) is 0 Å². The van der Waals surface area contributed by atoms with Gasteiger partial charge in [0.2, 0.25) is 0 Å². The molecule has 0 unspecified atom stereocenters. The topological polar surface area (TPSA) is 49.4 Å². The van der Waals surface area contributed by atoms with E-state index in [1.54, 1.807) is 42.5 Å². The van der Waals surface area contributed by atoms with E-state index >= 15 is 0 Å². The Labute approximate surface area is 209 Å². The number of piperidine rings is 1. The van der Waals surface area contributed by atoms with Crippen LogP contribution in [0.15, 0.2) is 59.5 Å². The Morgan fingerprint density at radius 2 is 1.71 bits per heavy atom. The number of benzene rings is 3. The van der Waals surface area contributed by atoms with Gasteiger partial charge in [-0.15, -0.1) is 0 Å². The van der Waals surface area contributed by atoms with Crippen LogP contribution in [0.25, 0.3) is 0 Å². The second-order valence-electron chi connectivity index (χ2n) is 8.95.